The molecule has 4 fully saturated rings. The zero-order valence-corrected chi connectivity index (χ0v) is 21.1. The molecule has 8 nitrogen and oxygen atoms in total. The Bertz CT molecular complexity index is 969. The number of hydrogen-bond donors (Lipinski definition) is 3. The molecule has 0 radical (unpaired) electrons. The minimum Gasteiger partial charge on any atom is -0.467 e. The first kappa shape index (κ1) is 25.9. The highest BCUT2D eigenvalue weighted by Crippen LogP contribution is 2.67. The largest absolute Gasteiger partial charge is 0.467 e. The molecule has 0 amide bonds. The van der Waals surface area contributed by atoms with Gasteiger partial charge in [0, 0.05) is 11.8 Å². The normalized spacial score (nSPS) is 48.2. The van der Waals surface area contributed by atoms with Crippen LogP contribution in [0.5, 0.6) is 0 Å². The Morgan fingerprint density at radius 2 is 1.89 bits per heavy atom. The first-order chi connectivity index (χ1) is 17.2. The monoisotopic (exact) mass is 502 g/mol. The molecule has 3 N–H and O–H groups in total. The maximum Gasteiger partial charge on any atom is 0.337 e. The van der Waals surface area contributed by atoms with Gasteiger partial charge < -0.3 is 29.5 Å². The Kier molecular flexibility index (Phi) is 6.84. The summed E-state index contributed by atoms with van der Waals surface area (Å²) in [5.41, 5.74) is -0.0433. The van der Waals surface area contributed by atoms with Gasteiger partial charge in [-0.3, -0.25) is 4.79 Å². The van der Waals surface area contributed by atoms with E-state index in [0.717, 1.165) is 52.1 Å². The molecule has 0 aromatic heterocycles. The average molecular weight is 503 g/mol. The number of rotatable bonds is 4. The molecule has 36 heavy (non-hydrogen) atoms. The predicted molar refractivity (Wildman–Crippen MR) is 128 cm³/mol. The molecule has 8 heteroatoms. The molecule has 0 bridgehead atoms. The standard InChI is InChI=1S/C28H38O8/c1-4-27-12-10-18-17-9-7-16(29)14-15(17)6-8-19(18)20(27)11-13-28(27,5-2)36-26-23(32)21(30)22(31)24(35-26)25(33)34-3/h2,14,17-24,26,30-32H,4,6-13H2,1,3H3/t17-,18+,19+,20-,21?,22?,23?,24?,26?,27-,28-/m1/s1. The number of ketones is 1. The van der Waals surface area contributed by atoms with Crippen molar-refractivity contribution in [2.24, 2.45) is 29.1 Å². The molecule has 198 valence electrons. The summed E-state index contributed by atoms with van der Waals surface area (Å²) in [6.07, 6.45) is 8.06. The van der Waals surface area contributed by atoms with Gasteiger partial charge in [-0.1, -0.05) is 18.4 Å². The molecule has 5 aliphatic rings. The number of esters is 1. The van der Waals surface area contributed by atoms with Gasteiger partial charge in [0.1, 0.15) is 23.9 Å². The second kappa shape index (κ2) is 9.52. The first-order valence-corrected chi connectivity index (χ1v) is 13.4. The summed E-state index contributed by atoms with van der Waals surface area (Å²) < 4.78 is 16.9. The van der Waals surface area contributed by atoms with Crippen molar-refractivity contribution in [3.8, 4) is 12.3 Å². The van der Waals surface area contributed by atoms with Crippen molar-refractivity contribution >= 4 is 11.8 Å². The van der Waals surface area contributed by atoms with Crippen LogP contribution >= 0.6 is 0 Å². The fraction of sp³-hybridized carbons (Fsp3) is 0.786. The van der Waals surface area contributed by atoms with Crippen molar-refractivity contribution in [3.05, 3.63) is 11.6 Å². The predicted octanol–water partition coefficient (Wildman–Crippen LogP) is 1.89. The zero-order valence-electron chi connectivity index (χ0n) is 21.1. The van der Waals surface area contributed by atoms with E-state index in [1.807, 2.05) is 6.08 Å². The zero-order chi connectivity index (χ0) is 25.8. The minimum absolute atomic E-state index is 0.252. The highest BCUT2D eigenvalue weighted by molar-refractivity contribution is 5.91. The van der Waals surface area contributed by atoms with Gasteiger partial charge in [-0.25, -0.2) is 4.79 Å². The lowest BCUT2D eigenvalue weighted by Crippen LogP contribution is -2.63. The Morgan fingerprint density at radius 1 is 1.11 bits per heavy atom. The number of aliphatic hydroxyl groups is 3. The second-order valence-corrected chi connectivity index (χ2v) is 11.4. The molecule has 1 aliphatic heterocycles. The fourth-order valence-corrected chi connectivity index (χ4v) is 8.60. The summed E-state index contributed by atoms with van der Waals surface area (Å²) in [7, 11) is 1.16. The van der Waals surface area contributed by atoms with E-state index in [0.29, 0.717) is 36.5 Å². The van der Waals surface area contributed by atoms with E-state index in [-0.39, 0.29) is 11.2 Å². The van der Waals surface area contributed by atoms with Crippen molar-refractivity contribution in [2.45, 2.75) is 101 Å². The topological polar surface area (TPSA) is 123 Å². The van der Waals surface area contributed by atoms with Gasteiger partial charge in [0.15, 0.2) is 18.2 Å². The van der Waals surface area contributed by atoms with Crippen LogP contribution in [0.3, 0.4) is 0 Å². The van der Waals surface area contributed by atoms with Crippen LogP contribution in [0.2, 0.25) is 0 Å². The Hall–Kier alpha value is -1.76. The van der Waals surface area contributed by atoms with E-state index in [2.05, 4.69) is 12.8 Å². The maximum absolute atomic E-state index is 12.2. The van der Waals surface area contributed by atoms with Crippen LogP contribution in [0.15, 0.2) is 11.6 Å². The molecule has 5 rings (SSSR count). The van der Waals surface area contributed by atoms with Gasteiger partial charge >= 0.3 is 5.97 Å². The third kappa shape index (κ3) is 3.70. The number of ether oxygens (including phenoxy) is 3. The van der Waals surface area contributed by atoms with Crippen LogP contribution in [0.4, 0.5) is 0 Å². The highest BCUT2D eigenvalue weighted by atomic mass is 16.7. The Balaban J connectivity index is 1.42. The number of aliphatic hydroxyl groups excluding tert-OH is 3. The lowest BCUT2D eigenvalue weighted by atomic mass is 9.49. The lowest BCUT2D eigenvalue weighted by molar-refractivity contribution is -0.326. The molecule has 4 aliphatic carbocycles. The van der Waals surface area contributed by atoms with Crippen LogP contribution in [0.1, 0.15) is 64.7 Å². The molecule has 5 unspecified atom stereocenters. The quantitative estimate of drug-likeness (QED) is 0.394. The fourth-order valence-electron chi connectivity index (χ4n) is 8.60. The van der Waals surface area contributed by atoms with E-state index in [9.17, 15) is 24.9 Å². The summed E-state index contributed by atoms with van der Waals surface area (Å²) in [5, 5.41) is 31.5. The van der Waals surface area contributed by atoms with E-state index in [1.54, 1.807) is 0 Å². The van der Waals surface area contributed by atoms with Gasteiger partial charge in [-0.15, -0.1) is 6.42 Å². The van der Waals surface area contributed by atoms with Gasteiger partial charge in [0.25, 0.3) is 0 Å². The van der Waals surface area contributed by atoms with Gasteiger partial charge in [0.05, 0.1) is 7.11 Å². The van der Waals surface area contributed by atoms with Crippen molar-refractivity contribution in [1.82, 2.24) is 0 Å². The third-order valence-corrected chi connectivity index (χ3v) is 10.3. The number of hydrogen-bond acceptors (Lipinski definition) is 8. The summed E-state index contributed by atoms with van der Waals surface area (Å²) >= 11 is 0. The van der Waals surface area contributed by atoms with Crippen molar-refractivity contribution in [1.29, 1.82) is 0 Å². The van der Waals surface area contributed by atoms with Crippen LogP contribution in [-0.2, 0) is 23.8 Å². The molecule has 0 aromatic carbocycles. The molecule has 11 atom stereocenters. The van der Waals surface area contributed by atoms with E-state index >= 15 is 0 Å². The maximum atomic E-state index is 12.2. The number of carbonyl (C=O) groups excluding carboxylic acids is 2. The number of terminal acetylenes is 1. The average Bonchev–Trinajstić information content (AvgIpc) is 3.22. The smallest absolute Gasteiger partial charge is 0.337 e. The van der Waals surface area contributed by atoms with Crippen molar-refractivity contribution in [3.63, 3.8) is 0 Å². The summed E-state index contributed by atoms with van der Waals surface area (Å²) in [5.74, 6) is 4.17. The molecular weight excluding hydrogens is 464 g/mol. The molecule has 1 saturated heterocycles. The lowest BCUT2D eigenvalue weighted by Gasteiger charge is -2.57. The number of allylic oxidation sites excluding steroid dienone is 1. The first-order valence-electron chi connectivity index (χ1n) is 13.4. The molecular formula is C28H38O8. The Labute approximate surface area is 212 Å². The van der Waals surface area contributed by atoms with Crippen LogP contribution < -0.4 is 0 Å². The number of fused-ring (bicyclic) bond motifs is 5. The molecule has 0 spiro atoms. The van der Waals surface area contributed by atoms with Crippen LogP contribution in [0, 0.1) is 41.4 Å². The van der Waals surface area contributed by atoms with Crippen LogP contribution in [0.25, 0.3) is 0 Å². The van der Waals surface area contributed by atoms with Crippen molar-refractivity contribution < 1.29 is 39.1 Å². The van der Waals surface area contributed by atoms with Crippen LogP contribution in [-0.4, -0.2) is 70.5 Å². The minimum atomic E-state index is -1.65. The third-order valence-electron chi connectivity index (χ3n) is 10.3. The second-order valence-electron chi connectivity index (χ2n) is 11.4. The van der Waals surface area contributed by atoms with Gasteiger partial charge in [0.2, 0.25) is 0 Å². The summed E-state index contributed by atoms with van der Waals surface area (Å²) in [6.45, 7) is 2.13. The van der Waals surface area contributed by atoms with E-state index in [1.165, 1.54) is 5.57 Å². The summed E-state index contributed by atoms with van der Waals surface area (Å²) in [6, 6.07) is 0. The number of methoxy groups -OCH3 is 1. The van der Waals surface area contributed by atoms with E-state index < -0.39 is 42.3 Å². The molecule has 3 saturated carbocycles. The van der Waals surface area contributed by atoms with Gasteiger partial charge in [-0.05, 0) is 81.1 Å². The Morgan fingerprint density at radius 3 is 2.58 bits per heavy atom. The number of carbonyl (C=O) groups is 2. The molecule has 1 heterocycles. The van der Waals surface area contributed by atoms with Gasteiger partial charge in [-0.2, -0.15) is 0 Å². The summed E-state index contributed by atoms with van der Waals surface area (Å²) in [4.78, 5) is 24.2. The molecule has 0 aromatic rings. The van der Waals surface area contributed by atoms with Crippen molar-refractivity contribution in [2.75, 3.05) is 7.11 Å². The van der Waals surface area contributed by atoms with E-state index in [4.69, 9.17) is 20.6 Å². The highest BCUT2D eigenvalue weighted by Gasteiger charge is 2.66. The SMILES string of the molecule is C#C[C@@]1(OC2OC(C(=O)OC)C(O)C(O)C2O)CC[C@@H]2[C@H]3CCC4=CC(=O)CC[C@H]4[C@@H]3CC[C@]21CC.